The van der Waals surface area contributed by atoms with E-state index in [9.17, 15) is 9.59 Å². The van der Waals surface area contributed by atoms with Gasteiger partial charge in [-0.2, -0.15) is 0 Å². The van der Waals surface area contributed by atoms with E-state index in [1.165, 1.54) is 17.9 Å². The van der Waals surface area contributed by atoms with Gasteiger partial charge in [-0.15, -0.1) is 0 Å². The fraction of sp³-hybridized carbons (Fsp3) is 0.286. The molecule has 0 aliphatic heterocycles. The summed E-state index contributed by atoms with van der Waals surface area (Å²) in [5.74, 6) is -0.930. The zero-order valence-corrected chi connectivity index (χ0v) is 8.95. The average molecular weight is 284 g/mol. The second-order valence-corrected chi connectivity index (χ2v) is 4.57. The van der Waals surface area contributed by atoms with Crippen molar-refractivity contribution in [3.63, 3.8) is 0 Å². The molecule has 0 rings (SSSR count). The van der Waals surface area contributed by atoms with E-state index in [-0.39, 0.29) is 0 Å². The molecule has 0 aromatic heterocycles. The standard InChI is InChI=1S/C7H9IO4/c1-4-5-8(11-6(2)9)12-7(3)10/h5H,1H2,2-3H3. The van der Waals surface area contributed by atoms with E-state index in [0.717, 1.165) is 0 Å². The van der Waals surface area contributed by atoms with Gasteiger partial charge in [-0.3, -0.25) is 0 Å². The van der Waals surface area contributed by atoms with Gasteiger partial charge in [0.1, 0.15) is 0 Å². The minimum absolute atomic E-state index is 0.465. The first-order valence-electron chi connectivity index (χ1n) is 2.99. The van der Waals surface area contributed by atoms with Crippen LogP contribution in [0.1, 0.15) is 13.8 Å². The van der Waals surface area contributed by atoms with Crippen molar-refractivity contribution in [1.29, 1.82) is 0 Å². The third-order valence-corrected chi connectivity index (χ3v) is 3.59. The molecule has 0 aromatic carbocycles. The van der Waals surface area contributed by atoms with Crippen LogP contribution in [0, 0.1) is 0 Å². The summed E-state index contributed by atoms with van der Waals surface area (Å²) in [6.45, 7) is 5.80. The second-order valence-electron chi connectivity index (χ2n) is 1.69. The van der Waals surface area contributed by atoms with Crippen molar-refractivity contribution in [3.05, 3.63) is 16.4 Å². The number of carbonyl (C=O) groups is 2. The van der Waals surface area contributed by atoms with Crippen molar-refractivity contribution in [2.24, 2.45) is 0 Å². The van der Waals surface area contributed by atoms with Crippen LogP contribution in [-0.2, 0) is 15.7 Å². The summed E-state index contributed by atoms with van der Waals surface area (Å²) >= 11 is -2.52. The molecule has 0 radical (unpaired) electrons. The molecule has 0 saturated heterocycles. The Labute approximate surface area is 78.7 Å². The third kappa shape index (κ3) is 5.94. The molecule has 0 amide bonds. The maximum atomic E-state index is 10.5. The summed E-state index contributed by atoms with van der Waals surface area (Å²) in [7, 11) is 0. The van der Waals surface area contributed by atoms with Gasteiger partial charge in [0.2, 0.25) is 0 Å². The van der Waals surface area contributed by atoms with Crippen molar-refractivity contribution < 1.29 is 15.7 Å². The van der Waals surface area contributed by atoms with E-state index in [1.807, 2.05) is 0 Å². The number of hydrogen-bond acceptors (Lipinski definition) is 4. The summed E-state index contributed by atoms with van der Waals surface area (Å²) < 4.78 is 10.8. The van der Waals surface area contributed by atoms with Crippen molar-refractivity contribution in [2.75, 3.05) is 0 Å². The van der Waals surface area contributed by atoms with Crippen LogP contribution in [-0.4, -0.2) is 11.9 Å². The van der Waals surface area contributed by atoms with E-state index in [2.05, 4.69) is 12.3 Å². The first-order chi connectivity index (χ1) is 5.56. The Hall–Kier alpha value is -0.810. The fourth-order valence-corrected chi connectivity index (χ4v) is 2.26. The van der Waals surface area contributed by atoms with Crippen LogP contribution in [0.5, 0.6) is 0 Å². The van der Waals surface area contributed by atoms with Crippen LogP contribution >= 0.6 is 20.6 Å². The molecule has 0 fully saturated rings. The Balaban J connectivity index is 4.12. The second kappa shape index (κ2) is 5.79. The summed E-state index contributed by atoms with van der Waals surface area (Å²) in [6.07, 6.45) is 0. The number of halogens is 1. The minimum atomic E-state index is -2.52. The summed E-state index contributed by atoms with van der Waals surface area (Å²) in [5.41, 5.74) is 2.42. The molecule has 4 nitrogen and oxygen atoms in total. The van der Waals surface area contributed by atoms with Crippen molar-refractivity contribution >= 4 is 32.6 Å². The fourth-order valence-electron chi connectivity index (χ4n) is 0.337. The monoisotopic (exact) mass is 284 g/mol. The molecule has 0 unspecified atom stereocenters. The summed E-state index contributed by atoms with van der Waals surface area (Å²) in [5, 5.41) is 0. The molecule has 68 valence electrons. The van der Waals surface area contributed by atoms with Crippen molar-refractivity contribution in [1.82, 2.24) is 0 Å². The molecule has 0 bridgehead atoms. The molecular formula is C7H9IO4. The van der Waals surface area contributed by atoms with Gasteiger partial charge < -0.3 is 0 Å². The Kier molecular flexibility index (Phi) is 5.40. The molecule has 5 heteroatoms. The Morgan fingerprint density at radius 1 is 1.33 bits per heavy atom. The van der Waals surface area contributed by atoms with Crippen LogP contribution in [0.15, 0.2) is 16.4 Å². The molecular weight excluding hydrogens is 275 g/mol. The van der Waals surface area contributed by atoms with E-state index in [4.69, 9.17) is 6.13 Å². The zero-order valence-electron chi connectivity index (χ0n) is 6.80. The normalized spacial score (nSPS) is 9.33. The predicted octanol–water partition coefficient (Wildman–Crippen LogP) is 1.75. The predicted molar refractivity (Wildman–Crippen MR) is 51.3 cm³/mol. The Morgan fingerprint density at radius 2 is 1.75 bits per heavy atom. The molecule has 0 spiro atoms. The van der Waals surface area contributed by atoms with E-state index < -0.39 is 32.6 Å². The number of carbonyl (C=O) groups excluding carboxylic acids is 2. The van der Waals surface area contributed by atoms with Gasteiger partial charge in [0.15, 0.2) is 0 Å². The topological polar surface area (TPSA) is 52.6 Å². The molecule has 12 heavy (non-hydrogen) atoms. The SMILES string of the molecule is C=C=CI(OC(C)=O)OC(C)=O. The quantitative estimate of drug-likeness (QED) is 0.585. The Morgan fingerprint density at radius 3 is 2.00 bits per heavy atom. The molecule has 0 N–H and O–H groups in total. The van der Waals surface area contributed by atoms with Gasteiger partial charge in [0.05, 0.1) is 0 Å². The summed E-state index contributed by atoms with van der Waals surface area (Å²) in [6, 6.07) is 0. The Bertz CT molecular complexity index is 214. The van der Waals surface area contributed by atoms with Crippen molar-refractivity contribution in [3.8, 4) is 0 Å². The molecule has 0 heterocycles. The van der Waals surface area contributed by atoms with Crippen LogP contribution in [0.2, 0.25) is 0 Å². The average Bonchev–Trinajstić information content (AvgIpc) is 1.84. The molecule has 0 saturated carbocycles. The first kappa shape index (κ1) is 11.2. The number of hydrogen-bond donors (Lipinski definition) is 0. The number of rotatable bonds is 3. The zero-order chi connectivity index (χ0) is 9.56. The summed E-state index contributed by atoms with van der Waals surface area (Å²) in [4.78, 5) is 20.9. The maximum absolute atomic E-state index is 10.5. The van der Waals surface area contributed by atoms with Crippen LogP contribution < -0.4 is 0 Å². The molecule has 0 aliphatic carbocycles. The molecule has 0 aliphatic rings. The van der Waals surface area contributed by atoms with Gasteiger partial charge in [0, 0.05) is 0 Å². The van der Waals surface area contributed by atoms with Gasteiger partial charge >= 0.3 is 78.5 Å². The van der Waals surface area contributed by atoms with E-state index >= 15 is 0 Å². The van der Waals surface area contributed by atoms with Gasteiger partial charge in [-0.05, 0) is 0 Å². The van der Waals surface area contributed by atoms with Gasteiger partial charge in [-0.25, -0.2) is 0 Å². The van der Waals surface area contributed by atoms with Gasteiger partial charge in [0.25, 0.3) is 0 Å². The van der Waals surface area contributed by atoms with Crippen LogP contribution in [0.3, 0.4) is 0 Å². The van der Waals surface area contributed by atoms with Crippen LogP contribution in [0.4, 0.5) is 0 Å². The molecule has 0 atom stereocenters. The van der Waals surface area contributed by atoms with E-state index in [0.29, 0.717) is 0 Å². The first-order valence-corrected chi connectivity index (χ1v) is 5.99. The van der Waals surface area contributed by atoms with Gasteiger partial charge in [-0.1, -0.05) is 0 Å². The van der Waals surface area contributed by atoms with Crippen LogP contribution in [0.25, 0.3) is 0 Å². The molecule has 0 aromatic rings. The van der Waals surface area contributed by atoms with Crippen molar-refractivity contribution in [2.45, 2.75) is 13.8 Å². The third-order valence-electron chi connectivity index (χ3n) is 0.536. The van der Waals surface area contributed by atoms with E-state index in [1.54, 1.807) is 0 Å².